The number of hydrogen-bond acceptors (Lipinski definition) is 1. The molecule has 0 bridgehead atoms. The zero-order valence-corrected chi connectivity index (χ0v) is 20.7. The van der Waals surface area contributed by atoms with Crippen LogP contribution >= 0.6 is 0 Å². The third-order valence-electron chi connectivity index (χ3n) is 7.09. The third-order valence-corrected chi connectivity index (χ3v) is 7.09. The number of furan rings is 1. The molecule has 0 aliphatic heterocycles. The first-order valence-electron chi connectivity index (χ1n) is 14.0. The minimum Gasteiger partial charge on any atom is -0.454 e. The molecule has 3 aromatic carbocycles. The molecule has 2 heterocycles. The van der Waals surface area contributed by atoms with Gasteiger partial charge in [-0.05, 0) is 77.5 Å². The van der Waals surface area contributed by atoms with E-state index in [2.05, 4.69) is 0 Å². The van der Waals surface area contributed by atoms with Crippen molar-refractivity contribution in [3.05, 3.63) is 88.9 Å². The lowest BCUT2D eigenvalue weighted by molar-refractivity contribution is -0.660. The number of aromatic nitrogens is 1. The van der Waals surface area contributed by atoms with Gasteiger partial charge in [-0.15, -0.1) is 0 Å². The number of pyridine rings is 1. The van der Waals surface area contributed by atoms with Gasteiger partial charge < -0.3 is 4.42 Å². The average molecular weight is 469 g/mol. The van der Waals surface area contributed by atoms with E-state index in [1.807, 2.05) is 81.9 Å². The molecule has 1 aliphatic rings. The molecule has 0 saturated heterocycles. The van der Waals surface area contributed by atoms with Gasteiger partial charge in [0.1, 0.15) is 24.0 Å². The van der Waals surface area contributed by atoms with Gasteiger partial charge in [0.15, 0.2) is 6.20 Å². The normalized spacial score (nSPS) is 18.2. The van der Waals surface area contributed by atoms with Gasteiger partial charge in [0.2, 0.25) is 5.69 Å². The van der Waals surface area contributed by atoms with Crippen LogP contribution in [0.15, 0.2) is 65.2 Å². The lowest BCUT2D eigenvalue weighted by atomic mass is 9.80. The smallest absolute Gasteiger partial charge is 0.216 e. The molecular formula is C32H31FNO+. The summed E-state index contributed by atoms with van der Waals surface area (Å²) in [6, 6.07) is 16.6. The topological polar surface area (TPSA) is 17.0 Å². The number of aryl methyl sites for hydroxylation is 2. The van der Waals surface area contributed by atoms with Gasteiger partial charge in [-0.1, -0.05) is 45.0 Å². The fourth-order valence-electron chi connectivity index (χ4n) is 5.35. The molecule has 0 fully saturated rings. The molecule has 0 N–H and O–H groups in total. The summed E-state index contributed by atoms with van der Waals surface area (Å²) in [5, 5.41) is 1.58. The van der Waals surface area contributed by atoms with Crippen molar-refractivity contribution >= 4 is 21.9 Å². The van der Waals surface area contributed by atoms with E-state index in [9.17, 15) is 0 Å². The van der Waals surface area contributed by atoms with Crippen molar-refractivity contribution in [2.24, 2.45) is 7.05 Å². The molecule has 0 radical (unpaired) electrons. The van der Waals surface area contributed by atoms with Crippen molar-refractivity contribution in [1.82, 2.24) is 0 Å². The van der Waals surface area contributed by atoms with E-state index in [-0.39, 0.29) is 17.5 Å². The molecule has 0 spiro atoms. The Hall–Kier alpha value is -3.46. The largest absolute Gasteiger partial charge is 0.454 e. The molecule has 0 unspecified atom stereocenters. The van der Waals surface area contributed by atoms with E-state index < -0.39 is 24.0 Å². The minimum atomic E-state index is -1.98. The standard InChI is InChI=1S/C32H31FNO/c1-19-12-13-23-24-15-17-26(33)29(22-14-16-25(32(2,3)4)21-10-8-9-20(21)22)31(24)35-30(23)28(19)27-11-6-7-18-34(27)5/h6-7,11-18H,8-10H2,1-5H3/q+1/i9D2,10D2. The third kappa shape index (κ3) is 3.32. The number of halogens is 1. The van der Waals surface area contributed by atoms with E-state index in [4.69, 9.17) is 9.90 Å². The zero-order valence-electron chi connectivity index (χ0n) is 24.7. The second-order valence-corrected chi connectivity index (χ2v) is 10.4. The highest BCUT2D eigenvalue weighted by atomic mass is 19.1. The highest BCUT2D eigenvalue weighted by Crippen LogP contribution is 2.45. The zero-order chi connectivity index (χ0) is 28.1. The monoisotopic (exact) mass is 468 g/mol. The van der Waals surface area contributed by atoms with Crippen LogP contribution < -0.4 is 4.57 Å². The van der Waals surface area contributed by atoms with E-state index in [0.717, 1.165) is 33.2 Å². The first kappa shape index (κ1) is 17.9. The van der Waals surface area contributed by atoms with Crippen molar-refractivity contribution in [3.63, 3.8) is 0 Å². The Morgan fingerprint density at radius 3 is 2.34 bits per heavy atom. The van der Waals surface area contributed by atoms with Crippen LogP contribution in [0.25, 0.3) is 44.3 Å². The molecule has 176 valence electrons. The summed E-state index contributed by atoms with van der Waals surface area (Å²) in [5.74, 6) is -0.529. The lowest BCUT2D eigenvalue weighted by Gasteiger charge is -2.24. The van der Waals surface area contributed by atoms with Gasteiger partial charge in [-0.3, -0.25) is 0 Å². The van der Waals surface area contributed by atoms with Crippen molar-refractivity contribution in [3.8, 4) is 22.4 Å². The van der Waals surface area contributed by atoms with Crippen molar-refractivity contribution < 1.29 is 18.9 Å². The first-order chi connectivity index (χ1) is 18.2. The molecule has 0 saturated carbocycles. The number of fused-ring (bicyclic) bond motifs is 4. The Morgan fingerprint density at radius 1 is 0.886 bits per heavy atom. The van der Waals surface area contributed by atoms with Crippen molar-refractivity contribution in [1.29, 1.82) is 0 Å². The first-order valence-corrected chi connectivity index (χ1v) is 12.0. The molecule has 3 heteroatoms. The predicted molar refractivity (Wildman–Crippen MR) is 141 cm³/mol. The van der Waals surface area contributed by atoms with Crippen LogP contribution in [0, 0.1) is 12.7 Å². The highest BCUT2D eigenvalue weighted by Gasteiger charge is 2.28. The van der Waals surface area contributed by atoms with Crippen LogP contribution in [0.2, 0.25) is 0 Å². The fraction of sp³-hybridized carbons (Fsp3) is 0.281. The molecule has 35 heavy (non-hydrogen) atoms. The Bertz CT molecular complexity index is 1810. The quantitative estimate of drug-likeness (QED) is 0.240. The van der Waals surface area contributed by atoms with E-state index in [1.165, 1.54) is 6.07 Å². The molecule has 0 amide bonds. The molecule has 1 aliphatic carbocycles. The minimum absolute atomic E-state index is 0.169. The summed E-state index contributed by atoms with van der Waals surface area (Å²) in [5.41, 5.74) is 5.25. The molecule has 0 atom stereocenters. The molecule has 6 rings (SSSR count). The fourth-order valence-corrected chi connectivity index (χ4v) is 5.35. The van der Waals surface area contributed by atoms with Crippen molar-refractivity contribution in [2.45, 2.75) is 52.3 Å². The highest BCUT2D eigenvalue weighted by molar-refractivity contribution is 6.13. The number of benzene rings is 3. The van der Waals surface area contributed by atoms with Crippen molar-refractivity contribution in [2.75, 3.05) is 0 Å². The van der Waals surface area contributed by atoms with Crippen LogP contribution in [0.5, 0.6) is 0 Å². The van der Waals surface area contributed by atoms with Crippen LogP contribution in [0.4, 0.5) is 4.39 Å². The Labute approximate surface area is 211 Å². The van der Waals surface area contributed by atoms with Crippen LogP contribution in [-0.2, 0) is 25.2 Å². The Kier molecular flexibility index (Phi) is 3.98. The summed E-state index contributed by atoms with van der Waals surface area (Å²) in [6.07, 6.45) is -2.21. The van der Waals surface area contributed by atoms with E-state index in [1.54, 1.807) is 12.1 Å². The predicted octanol–water partition coefficient (Wildman–Crippen LogP) is 7.98. The number of rotatable bonds is 2. The van der Waals surface area contributed by atoms with Gasteiger partial charge in [0, 0.05) is 28.4 Å². The van der Waals surface area contributed by atoms with Gasteiger partial charge in [0.05, 0.1) is 11.1 Å². The lowest BCUT2D eigenvalue weighted by Crippen LogP contribution is -2.30. The summed E-state index contributed by atoms with van der Waals surface area (Å²) < 4.78 is 59.7. The summed E-state index contributed by atoms with van der Waals surface area (Å²) in [4.78, 5) is 0. The van der Waals surface area contributed by atoms with E-state index >= 15 is 4.39 Å². The Balaban J connectivity index is 1.74. The second-order valence-electron chi connectivity index (χ2n) is 10.4. The van der Waals surface area contributed by atoms with Gasteiger partial charge in [0.25, 0.3) is 0 Å². The molecule has 2 nitrogen and oxygen atoms in total. The summed E-state index contributed by atoms with van der Waals surface area (Å²) >= 11 is 0. The van der Waals surface area contributed by atoms with Crippen LogP contribution in [0.1, 0.15) is 54.9 Å². The van der Waals surface area contributed by atoms with E-state index in [0.29, 0.717) is 22.3 Å². The van der Waals surface area contributed by atoms with Crippen LogP contribution in [-0.4, -0.2) is 0 Å². The Morgan fingerprint density at radius 2 is 1.60 bits per heavy atom. The molecular weight excluding hydrogens is 433 g/mol. The molecule has 2 aromatic heterocycles. The SMILES string of the molecule is [2H]C1([2H])CC([2H])([2H])c2c(C(C)(C)C)ccc(-c3c(F)ccc4c3oc3c(-c5cccc[n+]5C)c(C)ccc34)c21. The average Bonchev–Trinajstić information content (AvgIpc) is 3.30. The summed E-state index contributed by atoms with van der Waals surface area (Å²) in [6.45, 7) is 7.98. The number of hydrogen-bond donors (Lipinski definition) is 0. The number of nitrogens with zero attached hydrogens (tertiary/aromatic N) is 1. The molecule has 5 aromatic rings. The maximum absolute atomic E-state index is 15.9. The van der Waals surface area contributed by atoms with Gasteiger partial charge in [-0.2, -0.15) is 0 Å². The van der Waals surface area contributed by atoms with Crippen LogP contribution in [0.3, 0.4) is 0 Å². The summed E-state index contributed by atoms with van der Waals surface area (Å²) in [7, 11) is 1.97. The second kappa shape index (κ2) is 7.78. The van der Waals surface area contributed by atoms with Gasteiger partial charge in [-0.25, -0.2) is 8.96 Å². The maximum Gasteiger partial charge on any atom is 0.216 e. The maximum atomic E-state index is 15.9. The van der Waals surface area contributed by atoms with Gasteiger partial charge >= 0.3 is 0 Å².